The van der Waals surface area contributed by atoms with Crippen LogP contribution in [-0.4, -0.2) is 18.1 Å². The van der Waals surface area contributed by atoms with Gasteiger partial charge in [0.1, 0.15) is 5.75 Å². The third kappa shape index (κ3) is 4.32. The summed E-state index contributed by atoms with van der Waals surface area (Å²) in [5, 5.41) is 0. The maximum atomic E-state index is 6.21. The summed E-state index contributed by atoms with van der Waals surface area (Å²) in [6.07, 6.45) is 6.47. The Balaban J connectivity index is 1.88. The van der Waals surface area contributed by atoms with Crippen LogP contribution in [0.1, 0.15) is 17.5 Å². The number of benzene rings is 1. The van der Waals surface area contributed by atoms with Gasteiger partial charge in [-0.1, -0.05) is 12.1 Å². The molecule has 3 nitrogen and oxygen atoms in total. The number of nitrogens with two attached hydrogens (primary N) is 1. The normalized spacial score (nSPS) is 12.2. The fourth-order valence-electron chi connectivity index (χ4n) is 2.14. The molecule has 0 saturated carbocycles. The first-order chi connectivity index (χ1) is 9.69. The average molecular weight is 335 g/mol. The highest BCUT2D eigenvalue weighted by atomic mass is 79.9. The molecular weight excluding hydrogens is 316 g/mol. The quantitative estimate of drug-likeness (QED) is 0.881. The van der Waals surface area contributed by atoms with Gasteiger partial charge in [-0.15, -0.1) is 0 Å². The van der Waals surface area contributed by atoms with Crippen molar-refractivity contribution in [1.29, 1.82) is 0 Å². The van der Waals surface area contributed by atoms with Crippen molar-refractivity contribution in [3.63, 3.8) is 0 Å². The zero-order valence-corrected chi connectivity index (χ0v) is 13.1. The summed E-state index contributed by atoms with van der Waals surface area (Å²) in [6, 6.07) is 10.3. The molecule has 0 spiro atoms. The monoisotopic (exact) mass is 334 g/mol. The van der Waals surface area contributed by atoms with Crippen molar-refractivity contribution in [1.82, 2.24) is 4.98 Å². The highest BCUT2D eigenvalue weighted by Gasteiger charge is 2.07. The van der Waals surface area contributed by atoms with E-state index in [1.165, 1.54) is 11.1 Å². The zero-order chi connectivity index (χ0) is 14.4. The molecule has 106 valence electrons. The molecule has 4 heteroatoms. The van der Waals surface area contributed by atoms with E-state index in [1.807, 2.05) is 18.3 Å². The van der Waals surface area contributed by atoms with E-state index in [9.17, 15) is 0 Å². The van der Waals surface area contributed by atoms with Crippen molar-refractivity contribution in [3.8, 4) is 5.75 Å². The lowest BCUT2D eigenvalue weighted by Gasteiger charge is -2.12. The molecule has 1 heterocycles. The lowest BCUT2D eigenvalue weighted by molar-refractivity contribution is 0.412. The number of ether oxygens (including phenoxy) is 1. The van der Waals surface area contributed by atoms with E-state index in [4.69, 9.17) is 10.5 Å². The first-order valence-electron chi connectivity index (χ1n) is 6.66. The predicted octanol–water partition coefficient (Wildman–Crippen LogP) is 3.36. The minimum Gasteiger partial charge on any atom is -0.496 e. The van der Waals surface area contributed by atoms with Crippen LogP contribution in [0.2, 0.25) is 0 Å². The Morgan fingerprint density at radius 2 is 2.15 bits per heavy atom. The molecule has 0 bridgehead atoms. The van der Waals surface area contributed by atoms with Gasteiger partial charge in [-0.3, -0.25) is 4.98 Å². The van der Waals surface area contributed by atoms with Gasteiger partial charge in [-0.2, -0.15) is 0 Å². The highest BCUT2D eigenvalue weighted by Crippen LogP contribution is 2.26. The standard InChI is InChI=1S/C16H19BrN2O/c1-20-16-7-5-13(10-15(16)17)9-14(18)6-4-12-3-2-8-19-11-12/h2-3,5,7-8,10-11,14H,4,6,9,18H2,1H3. The topological polar surface area (TPSA) is 48.1 Å². The molecule has 20 heavy (non-hydrogen) atoms. The molecule has 0 amide bonds. The molecule has 0 aliphatic carbocycles. The second-order valence-electron chi connectivity index (χ2n) is 4.83. The van der Waals surface area contributed by atoms with Crippen LogP contribution < -0.4 is 10.5 Å². The molecular formula is C16H19BrN2O. The molecule has 0 aliphatic heterocycles. The van der Waals surface area contributed by atoms with E-state index < -0.39 is 0 Å². The minimum absolute atomic E-state index is 0.149. The van der Waals surface area contributed by atoms with Gasteiger partial charge in [0.25, 0.3) is 0 Å². The van der Waals surface area contributed by atoms with Gasteiger partial charge < -0.3 is 10.5 Å². The number of rotatable bonds is 6. The van der Waals surface area contributed by atoms with Crippen molar-refractivity contribution in [2.45, 2.75) is 25.3 Å². The number of pyridine rings is 1. The second kappa shape index (κ2) is 7.41. The lowest BCUT2D eigenvalue weighted by Crippen LogP contribution is -2.23. The van der Waals surface area contributed by atoms with Gasteiger partial charge in [-0.25, -0.2) is 0 Å². The van der Waals surface area contributed by atoms with Crippen LogP contribution >= 0.6 is 15.9 Å². The first-order valence-corrected chi connectivity index (χ1v) is 7.45. The van der Waals surface area contributed by atoms with E-state index >= 15 is 0 Å². The molecule has 2 N–H and O–H groups in total. The number of halogens is 1. The minimum atomic E-state index is 0.149. The summed E-state index contributed by atoms with van der Waals surface area (Å²) in [6.45, 7) is 0. The summed E-state index contributed by atoms with van der Waals surface area (Å²) in [7, 11) is 1.67. The van der Waals surface area contributed by atoms with Gasteiger partial charge in [0.05, 0.1) is 11.6 Å². The molecule has 1 aromatic carbocycles. The van der Waals surface area contributed by atoms with Crippen LogP contribution in [-0.2, 0) is 12.8 Å². The molecule has 2 rings (SSSR count). The van der Waals surface area contributed by atoms with Crippen LogP contribution in [0, 0.1) is 0 Å². The van der Waals surface area contributed by atoms with Crippen LogP contribution in [0.25, 0.3) is 0 Å². The third-order valence-electron chi connectivity index (χ3n) is 3.24. The number of aromatic nitrogens is 1. The number of hydrogen-bond acceptors (Lipinski definition) is 3. The van der Waals surface area contributed by atoms with E-state index in [1.54, 1.807) is 13.3 Å². The molecule has 1 atom stereocenters. The van der Waals surface area contributed by atoms with Crippen LogP contribution in [0.5, 0.6) is 5.75 Å². The second-order valence-corrected chi connectivity index (χ2v) is 5.69. The first kappa shape index (κ1) is 15.0. The van der Waals surface area contributed by atoms with Gasteiger partial charge in [-0.05, 0) is 64.5 Å². The van der Waals surface area contributed by atoms with Crippen LogP contribution in [0.3, 0.4) is 0 Å². The summed E-state index contributed by atoms with van der Waals surface area (Å²) in [5.41, 5.74) is 8.66. The summed E-state index contributed by atoms with van der Waals surface area (Å²) in [5.74, 6) is 0.845. The molecule has 0 saturated heterocycles. The largest absolute Gasteiger partial charge is 0.496 e. The van der Waals surface area contributed by atoms with Gasteiger partial charge in [0.15, 0.2) is 0 Å². The smallest absolute Gasteiger partial charge is 0.133 e. The Labute approximate surface area is 128 Å². The van der Waals surface area contributed by atoms with Crippen molar-refractivity contribution in [3.05, 3.63) is 58.3 Å². The van der Waals surface area contributed by atoms with Crippen molar-refractivity contribution < 1.29 is 4.74 Å². The van der Waals surface area contributed by atoms with E-state index in [0.29, 0.717) is 0 Å². The average Bonchev–Trinajstić information content (AvgIpc) is 2.46. The third-order valence-corrected chi connectivity index (χ3v) is 3.86. The predicted molar refractivity (Wildman–Crippen MR) is 84.9 cm³/mol. The summed E-state index contributed by atoms with van der Waals surface area (Å²) in [4.78, 5) is 4.12. The highest BCUT2D eigenvalue weighted by molar-refractivity contribution is 9.10. The molecule has 2 aromatic rings. The van der Waals surface area contributed by atoms with Gasteiger partial charge >= 0.3 is 0 Å². The molecule has 1 unspecified atom stereocenters. The number of methoxy groups -OCH3 is 1. The van der Waals surface area contributed by atoms with E-state index in [2.05, 4.69) is 39.1 Å². The Bertz CT molecular complexity index is 545. The summed E-state index contributed by atoms with van der Waals surface area (Å²) < 4.78 is 6.19. The Morgan fingerprint density at radius 3 is 2.80 bits per heavy atom. The molecule has 0 fully saturated rings. The van der Waals surface area contributed by atoms with E-state index in [-0.39, 0.29) is 6.04 Å². The molecule has 1 aromatic heterocycles. The van der Waals surface area contributed by atoms with Gasteiger partial charge in [0.2, 0.25) is 0 Å². The zero-order valence-electron chi connectivity index (χ0n) is 11.6. The van der Waals surface area contributed by atoms with Crippen LogP contribution in [0.15, 0.2) is 47.2 Å². The molecule has 0 radical (unpaired) electrons. The van der Waals surface area contributed by atoms with Crippen molar-refractivity contribution in [2.24, 2.45) is 5.73 Å². The summed E-state index contributed by atoms with van der Waals surface area (Å²) >= 11 is 3.50. The fourth-order valence-corrected chi connectivity index (χ4v) is 2.73. The Hall–Kier alpha value is -1.39. The van der Waals surface area contributed by atoms with E-state index in [0.717, 1.165) is 29.5 Å². The van der Waals surface area contributed by atoms with Gasteiger partial charge in [0, 0.05) is 18.4 Å². The molecule has 0 aliphatic rings. The number of hydrogen-bond donors (Lipinski definition) is 1. The SMILES string of the molecule is COc1ccc(CC(N)CCc2cccnc2)cc1Br. The number of aryl methyl sites for hydroxylation is 1. The fraction of sp³-hybridized carbons (Fsp3) is 0.312. The lowest BCUT2D eigenvalue weighted by atomic mass is 10.0. The number of nitrogens with zero attached hydrogens (tertiary/aromatic N) is 1. The van der Waals surface area contributed by atoms with Crippen molar-refractivity contribution >= 4 is 15.9 Å². The Kier molecular flexibility index (Phi) is 5.56. The maximum Gasteiger partial charge on any atom is 0.133 e. The van der Waals surface area contributed by atoms with Crippen molar-refractivity contribution in [2.75, 3.05) is 7.11 Å². The maximum absolute atomic E-state index is 6.21. The Morgan fingerprint density at radius 1 is 1.30 bits per heavy atom. The van der Waals surface area contributed by atoms with Crippen LogP contribution in [0.4, 0.5) is 0 Å².